The summed E-state index contributed by atoms with van der Waals surface area (Å²) in [5.41, 5.74) is 1.35. The van der Waals surface area contributed by atoms with E-state index in [1.807, 2.05) is 9.80 Å². The predicted octanol–water partition coefficient (Wildman–Crippen LogP) is 2.76. The fraction of sp³-hybridized carbons (Fsp3) is 0.652. The van der Waals surface area contributed by atoms with Crippen LogP contribution in [0.3, 0.4) is 0 Å². The Morgan fingerprint density at radius 2 is 1.68 bits per heavy atom. The van der Waals surface area contributed by atoms with Crippen LogP contribution >= 0.6 is 0 Å². The highest BCUT2D eigenvalue weighted by molar-refractivity contribution is 5.89. The summed E-state index contributed by atoms with van der Waals surface area (Å²) in [4.78, 5) is 32.0. The van der Waals surface area contributed by atoms with E-state index in [1.54, 1.807) is 0 Å². The molecule has 3 heterocycles. The molecule has 3 saturated heterocycles. The number of carbonyl (C=O) groups is 2. The Morgan fingerprint density at radius 3 is 2.36 bits per heavy atom. The van der Waals surface area contributed by atoms with Crippen molar-refractivity contribution >= 4 is 11.8 Å². The quantitative estimate of drug-likeness (QED) is 0.803. The normalized spacial score (nSPS) is 25.5. The van der Waals surface area contributed by atoms with E-state index in [0.29, 0.717) is 24.9 Å². The number of carbonyl (C=O) groups excluding carboxylic acids is 2. The van der Waals surface area contributed by atoms with Crippen LogP contribution in [0.4, 0.5) is 0 Å². The highest BCUT2D eigenvalue weighted by Gasteiger charge is 2.40. The Kier molecular flexibility index (Phi) is 6.00. The Labute approximate surface area is 168 Å². The molecular formula is C23H33N3O2. The van der Waals surface area contributed by atoms with Crippen molar-refractivity contribution < 1.29 is 9.59 Å². The zero-order chi connectivity index (χ0) is 19.5. The van der Waals surface area contributed by atoms with Gasteiger partial charge in [0.15, 0.2) is 0 Å². The van der Waals surface area contributed by atoms with Crippen LogP contribution in [0.2, 0.25) is 0 Å². The van der Waals surface area contributed by atoms with E-state index in [0.717, 1.165) is 58.4 Å². The predicted molar refractivity (Wildman–Crippen MR) is 110 cm³/mol. The monoisotopic (exact) mass is 383 g/mol. The lowest BCUT2D eigenvalue weighted by Gasteiger charge is -2.37. The van der Waals surface area contributed by atoms with Gasteiger partial charge in [-0.25, -0.2) is 0 Å². The van der Waals surface area contributed by atoms with Crippen molar-refractivity contribution in [3.63, 3.8) is 0 Å². The summed E-state index contributed by atoms with van der Waals surface area (Å²) >= 11 is 0. The smallest absolute Gasteiger partial charge is 0.227 e. The Bertz CT molecular complexity index is 676. The average Bonchev–Trinajstić information content (AvgIpc) is 3.11. The van der Waals surface area contributed by atoms with Gasteiger partial charge in [-0.05, 0) is 37.2 Å². The summed E-state index contributed by atoms with van der Waals surface area (Å²) in [7, 11) is 0. The van der Waals surface area contributed by atoms with Gasteiger partial charge < -0.3 is 9.80 Å². The number of nitrogens with zero attached hydrogens (tertiary/aromatic N) is 3. The zero-order valence-electron chi connectivity index (χ0n) is 17.1. The van der Waals surface area contributed by atoms with Gasteiger partial charge in [-0.15, -0.1) is 0 Å². The van der Waals surface area contributed by atoms with Crippen LogP contribution < -0.4 is 0 Å². The molecule has 1 aromatic carbocycles. The third-order valence-corrected chi connectivity index (χ3v) is 6.85. The fourth-order valence-electron chi connectivity index (χ4n) is 4.97. The van der Waals surface area contributed by atoms with Gasteiger partial charge in [0.05, 0.1) is 5.92 Å². The molecule has 5 heteroatoms. The maximum atomic E-state index is 12.9. The van der Waals surface area contributed by atoms with Crippen molar-refractivity contribution in [2.75, 3.05) is 32.7 Å². The molecule has 3 fully saturated rings. The molecule has 4 rings (SSSR count). The number of rotatable bonds is 4. The Balaban J connectivity index is 1.27. The van der Waals surface area contributed by atoms with Crippen LogP contribution in [0.5, 0.6) is 0 Å². The fourth-order valence-corrected chi connectivity index (χ4v) is 4.97. The van der Waals surface area contributed by atoms with E-state index < -0.39 is 0 Å². The van der Waals surface area contributed by atoms with E-state index in [2.05, 4.69) is 42.2 Å². The standard InChI is InChI=1S/C23H33N3O2/c1-18-7-13-25(14-8-18)23(28)20-15-22(27)26(17-20)21-9-11-24(12-10-21)16-19-5-3-2-4-6-19/h2-6,18,20-21H,7-17H2,1H3/t20-/m0/s1. The molecule has 3 aliphatic rings. The molecule has 0 radical (unpaired) electrons. The molecule has 0 unspecified atom stereocenters. The highest BCUT2D eigenvalue weighted by atomic mass is 16.2. The third kappa shape index (κ3) is 4.40. The first-order valence-electron chi connectivity index (χ1n) is 10.9. The van der Waals surface area contributed by atoms with Crippen molar-refractivity contribution in [3.05, 3.63) is 35.9 Å². The van der Waals surface area contributed by atoms with Crippen molar-refractivity contribution in [1.29, 1.82) is 0 Å². The molecule has 1 atom stereocenters. The van der Waals surface area contributed by atoms with Crippen molar-refractivity contribution in [1.82, 2.24) is 14.7 Å². The summed E-state index contributed by atoms with van der Waals surface area (Å²) < 4.78 is 0. The van der Waals surface area contributed by atoms with Crippen LogP contribution in [0.15, 0.2) is 30.3 Å². The average molecular weight is 384 g/mol. The van der Waals surface area contributed by atoms with E-state index >= 15 is 0 Å². The number of piperidine rings is 2. The van der Waals surface area contributed by atoms with Crippen LogP contribution in [0.1, 0.15) is 44.6 Å². The summed E-state index contributed by atoms with van der Waals surface area (Å²) in [5, 5.41) is 0. The Hall–Kier alpha value is -1.88. The highest BCUT2D eigenvalue weighted by Crippen LogP contribution is 2.28. The number of hydrogen-bond donors (Lipinski definition) is 0. The first kappa shape index (κ1) is 19.4. The second-order valence-corrected chi connectivity index (χ2v) is 8.95. The second-order valence-electron chi connectivity index (χ2n) is 8.95. The van der Waals surface area contributed by atoms with Gasteiger partial charge in [0.2, 0.25) is 11.8 Å². The first-order chi connectivity index (χ1) is 13.6. The topological polar surface area (TPSA) is 43.9 Å². The number of benzene rings is 1. The molecule has 2 amide bonds. The molecule has 0 aliphatic carbocycles. The SMILES string of the molecule is CC1CCN(C(=O)[C@H]2CC(=O)N(C3CCN(Cc4ccccc4)CC3)C2)CC1. The molecular weight excluding hydrogens is 350 g/mol. The Morgan fingerprint density at radius 1 is 1.00 bits per heavy atom. The van der Waals surface area contributed by atoms with Crippen LogP contribution in [-0.4, -0.2) is 65.3 Å². The maximum Gasteiger partial charge on any atom is 0.227 e. The summed E-state index contributed by atoms with van der Waals surface area (Å²) in [5.74, 6) is 0.990. The molecule has 3 aliphatic heterocycles. The number of amides is 2. The van der Waals surface area contributed by atoms with E-state index in [1.165, 1.54) is 5.56 Å². The summed E-state index contributed by atoms with van der Waals surface area (Å²) in [6.07, 6.45) is 4.63. The second kappa shape index (κ2) is 8.64. The molecule has 0 bridgehead atoms. The van der Waals surface area contributed by atoms with Crippen LogP contribution in [0, 0.1) is 11.8 Å². The van der Waals surface area contributed by atoms with E-state index in [9.17, 15) is 9.59 Å². The van der Waals surface area contributed by atoms with Crippen molar-refractivity contribution in [2.45, 2.75) is 51.6 Å². The van der Waals surface area contributed by atoms with E-state index in [-0.39, 0.29) is 17.7 Å². The molecule has 28 heavy (non-hydrogen) atoms. The van der Waals surface area contributed by atoms with Gasteiger partial charge in [0.25, 0.3) is 0 Å². The zero-order valence-corrected chi connectivity index (χ0v) is 17.1. The maximum absolute atomic E-state index is 12.9. The number of likely N-dealkylation sites (tertiary alicyclic amines) is 3. The minimum atomic E-state index is -0.122. The lowest BCUT2D eigenvalue weighted by Crippen LogP contribution is -2.46. The number of hydrogen-bond acceptors (Lipinski definition) is 3. The van der Waals surface area contributed by atoms with Gasteiger partial charge in [0.1, 0.15) is 0 Å². The summed E-state index contributed by atoms with van der Waals surface area (Å²) in [6.45, 7) is 7.64. The van der Waals surface area contributed by atoms with Gasteiger partial charge in [-0.3, -0.25) is 14.5 Å². The van der Waals surface area contributed by atoms with Gasteiger partial charge in [0, 0.05) is 51.7 Å². The van der Waals surface area contributed by atoms with Crippen LogP contribution in [-0.2, 0) is 16.1 Å². The van der Waals surface area contributed by atoms with Gasteiger partial charge in [-0.1, -0.05) is 37.3 Å². The summed E-state index contributed by atoms with van der Waals surface area (Å²) in [6, 6.07) is 10.9. The largest absolute Gasteiger partial charge is 0.342 e. The van der Waals surface area contributed by atoms with Crippen molar-refractivity contribution in [3.8, 4) is 0 Å². The van der Waals surface area contributed by atoms with Gasteiger partial charge >= 0.3 is 0 Å². The molecule has 0 N–H and O–H groups in total. The molecule has 152 valence electrons. The molecule has 0 aromatic heterocycles. The van der Waals surface area contributed by atoms with Crippen molar-refractivity contribution in [2.24, 2.45) is 11.8 Å². The lowest BCUT2D eigenvalue weighted by molar-refractivity contribution is -0.137. The molecule has 0 saturated carbocycles. The first-order valence-corrected chi connectivity index (χ1v) is 10.9. The molecule has 0 spiro atoms. The lowest BCUT2D eigenvalue weighted by atomic mass is 9.97. The third-order valence-electron chi connectivity index (χ3n) is 6.85. The van der Waals surface area contributed by atoms with E-state index in [4.69, 9.17) is 0 Å². The minimum Gasteiger partial charge on any atom is -0.342 e. The van der Waals surface area contributed by atoms with Crippen LogP contribution in [0.25, 0.3) is 0 Å². The molecule has 5 nitrogen and oxygen atoms in total. The molecule has 1 aromatic rings. The van der Waals surface area contributed by atoms with Gasteiger partial charge in [-0.2, -0.15) is 0 Å². The minimum absolute atomic E-state index is 0.122.